The van der Waals surface area contributed by atoms with E-state index in [4.69, 9.17) is 4.42 Å². The molecule has 2 rings (SSSR count). The standard InChI is InChI=1S/C14H19N3O2/c1-4-5-8-15-14(18)12-9-11(16-17(12)3)13-7-6-10(2)19-13/h6-7,9H,4-5,8H2,1-3H3,(H,15,18). The summed E-state index contributed by atoms with van der Waals surface area (Å²) >= 11 is 0. The van der Waals surface area contributed by atoms with Crippen LogP contribution in [0.3, 0.4) is 0 Å². The fourth-order valence-corrected chi connectivity index (χ4v) is 1.84. The van der Waals surface area contributed by atoms with E-state index in [2.05, 4.69) is 17.3 Å². The van der Waals surface area contributed by atoms with Crippen LogP contribution in [0.2, 0.25) is 0 Å². The van der Waals surface area contributed by atoms with Gasteiger partial charge in [0.2, 0.25) is 0 Å². The molecular weight excluding hydrogens is 242 g/mol. The van der Waals surface area contributed by atoms with Crippen molar-refractivity contribution in [3.63, 3.8) is 0 Å². The van der Waals surface area contributed by atoms with Crippen LogP contribution in [0.25, 0.3) is 11.5 Å². The van der Waals surface area contributed by atoms with E-state index in [9.17, 15) is 4.79 Å². The molecule has 1 N–H and O–H groups in total. The first-order valence-corrected chi connectivity index (χ1v) is 6.51. The van der Waals surface area contributed by atoms with Crippen molar-refractivity contribution in [3.8, 4) is 11.5 Å². The average Bonchev–Trinajstić information content (AvgIpc) is 2.95. The summed E-state index contributed by atoms with van der Waals surface area (Å²) in [5, 5.41) is 7.19. The third-order valence-electron chi connectivity index (χ3n) is 2.92. The predicted molar refractivity (Wildman–Crippen MR) is 72.9 cm³/mol. The number of carbonyl (C=O) groups excluding carboxylic acids is 1. The smallest absolute Gasteiger partial charge is 0.269 e. The summed E-state index contributed by atoms with van der Waals surface area (Å²) in [6, 6.07) is 5.49. The Bertz CT molecular complexity index is 569. The van der Waals surface area contributed by atoms with Crippen molar-refractivity contribution in [1.29, 1.82) is 0 Å². The van der Waals surface area contributed by atoms with E-state index < -0.39 is 0 Å². The Kier molecular flexibility index (Phi) is 4.04. The molecule has 0 saturated heterocycles. The zero-order valence-electron chi connectivity index (χ0n) is 11.6. The number of rotatable bonds is 5. The molecular formula is C14H19N3O2. The first kappa shape index (κ1) is 13.4. The van der Waals surface area contributed by atoms with Crippen LogP contribution in [0.1, 0.15) is 36.0 Å². The largest absolute Gasteiger partial charge is 0.460 e. The molecule has 0 unspecified atom stereocenters. The molecule has 0 aliphatic rings. The molecule has 0 bridgehead atoms. The maximum Gasteiger partial charge on any atom is 0.269 e. The number of hydrogen-bond donors (Lipinski definition) is 1. The maximum absolute atomic E-state index is 12.0. The first-order valence-electron chi connectivity index (χ1n) is 6.51. The van der Waals surface area contributed by atoms with Gasteiger partial charge in [-0.15, -0.1) is 0 Å². The fraction of sp³-hybridized carbons (Fsp3) is 0.429. The van der Waals surface area contributed by atoms with Gasteiger partial charge in [-0.05, 0) is 25.5 Å². The van der Waals surface area contributed by atoms with Gasteiger partial charge in [0.1, 0.15) is 17.1 Å². The van der Waals surface area contributed by atoms with E-state index in [-0.39, 0.29) is 5.91 Å². The van der Waals surface area contributed by atoms with Gasteiger partial charge in [-0.2, -0.15) is 5.10 Å². The van der Waals surface area contributed by atoms with E-state index in [1.165, 1.54) is 0 Å². The lowest BCUT2D eigenvalue weighted by Gasteiger charge is -2.03. The molecule has 1 amide bonds. The lowest BCUT2D eigenvalue weighted by Crippen LogP contribution is -2.26. The Hall–Kier alpha value is -2.04. The number of furan rings is 1. The predicted octanol–water partition coefficient (Wildman–Crippen LogP) is 2.52. The van der Waals surface area contributed by atoms with E-state index in [0.29, 0.717) is 23.7 Å². The summed E-state index contributed by atoms with van der Waals surface area (Å²) in [5.41, 5.74) is 1.22. The summed E-state index contributed by atoms with van der Waals surface area (Å²) in [7, 11) is 1.76. The molecule has 2 aromatic heterocycles. The summed E-state index contributed by atoms with van der Waals surface area (Å²) in [5.74, 6) is 1.41. The highest BCUT2D eigenvalue weighted by Crippen LogP contribution is 2.21. The lowest BCUT2D eigenvalue weighted by atomic mass is 10.3. The third kappa shape index (κ3) is 3.05. The number of nitrogens with one attached hydrogen (secondary N) is 1. The molecule has 0 fully saturated rings. The zero-order chi connectivity index (χ0) is 13.8. The second-order valence-electron chi connectivity index (χ2n) is 4.56. The monoisotopic (exact) mass is 261 g/mol. The zero-order valence-corrected chi connectivity index (χ0v) is 11.6. The maximum atomic E-state index is 12.0. The fourth-order valence-electron chi connectivity index (χ4n) is 1.84. The molecule has 0 aliphatic heterocycles. The average molecular weight is 261 g/mol. The molecule has 2 aromatic rings. The van der Waals surface area contributed by atoms with Crippen molar-refractivity contribution in [3.05, 3.63) is 29.7 Å². The molecule has 0 atom stereocenters. The molecule has 2 heterocycles. The molecule has 5 heteroatoms. The van der Waals surface area contributed by atoms with Gasteiger partial charge < -0.3 is 9.73 Å². The number of aryl methyl sites for hydroxylation is 2. The van der Waals surface area contributed by atoms with Crippen LogP contribution >= 0.6 is 0 Å². The number of amides is 1. The molecule has 5 nitrogen and oxygen atoms in total. The summed E-state index contributed by atoms with van der Waals surface area (Å²) in [4.78, 5) is 12.0. The Labute approximate surface area is 112 Å². The van der Waals surface area contributed by atoms with Crippen molar-refractivity contribution in [2.75, 3.05) is 6.54 Å². The van der Waals surface area contributed by atoms with Crippen molar-refractivity contribution in [2.45, 2.75) is 26.7 Å². The number of nitrogens with zero attached hydrogens (tertiary/aromatic N) is 2. The first-order chi connectivity index (χ1) is 9.11. The van der Waals surface area contributed by atoms with Gasteiger partial charge in [-0.3, -0.25) is 9.48 Å². The number of unbranched alkanes of at least 4 members (excludes halogenated alkanes) is 1. The lowest BCUT2D eigenvalue weighted by molar-refractivity contribution is 0.0944. The topological polar surface area (TPSA) is 60.1 Å². The van der Waals surface area contributed by atoms with Gasteiger partial charge >= 0.3 is 0 Å². The molecule has 0 aromatic carbocycles. The van der Waals surface area contributed by atoms with Crippen molar-refractivity contribution < 1.29 is 9.21 Å². The van der Waals surface area contributed by atoms with Gasteiger partial charge in [-0.25, -0.2) is 0 Å². The molecule has 0 spiro atoms. The van der Waals surface area contributed by atoms with Crippen molar-refractivity contribution in [1.82, 2.24) is 15.1 Å². The molecule has 0 saturated carbocycles. The van der Waals surface area contributed by atoms with Crippen LogP contribution in [-0.2, 0) is 7.05 Å². The van der Waals surface area contributed by atoms with E-state index >= 15 is 0 Å². The minimum Gasteiger partial charge on any atom is -0.460 e. The molecule has 0 aliphatic carbocycles. The highest BCUT2D eigenvalue weighted by molar-refractivity contribution is 5.93. The Balaban J connectivity index is 2.14. The second-order valence-corrected chi connectivity index (χ2v) is 4.56. The minimum absolute atomic E-state index is 0.0991. The molecule has 0 radical (unpaired) electrons. The van der Waals surface area contributed by atoms with E-state index in [1.807, 2.05) is 19.1 Å². The third-order valence-corrected chi connectivity index (χ3v) is 2.92. The van der Waals surface area contributed by atoms with E-state index in [0.717, 1.165) is 18.6 Å². The van der Waals surface area contributed by atoms with Crippen LogP contribution < -0.4 is 5.32 Å². The Morgan fingerprint density at radius 3 is 2.89 bits per heavy atom. The Morgan fingerprint density at radius 2 is 2.26 bits per heavy atom. The number of aromatic nitrogens is 2. The second kappa shape index (κ2) is 5.73. The van der Waals surface area contributed by atoms with Gasteiger partial charge in [0.05, 0.1) is 0 Å². The van der Waals surface area contributed by atoms with Crippen LogP contribution in [0.5, 0.6) is 0 Å². The van der Waals surface area contributed by atoms with Gasteiger partial charge in [0.15, 0.2) is 5.76 Å². The summed E-state index contributed by atoms with van der Waals surface area (Å²) in [6.07, 6.45) is 2.04. The Morgan fingerprint density at radius 1 is 1.47 bits per heavy atom. The highest BCUT2D eigenvalue weighted by atomic mass is 16.3. The highest BCUT2D eigenvalue weighted by Gasteiger charge is 2.15. The minimum atomic E-state index is -0.0991. The van der Waals surface area contributed by atoms with Crippen LogP contribution in [0, 0.1) is 6.92 Å². The summed E-state index contributed by atoms with van der Waals surface area (Å²) in [6.45, 7) is 4.66. The van der Waals surface area contributed by atoms with Crippen molar-refractivity contribution in [2.24, 2.45) is 7.05 Å². The molecule has 19 heavy (non-hydrogen) atoms. The number of carbonyl (C=O) groups is 1. The SMILES string of the molecule is CCCCNC(=O)c1cc(-c2ccc(C)o2)nn1C. The van der Waals surface area contributed by atoms with Crippen LogP contribution in [-0.4, -0.2) is 22.2 Å². The van der Waals surface area contributed by atoms with Gasteiger partial charge in [0, 0.05) is 19.7 Å². The van der Waals surface area contributed by atoms with Crippen molar-refractivity contribution >= 4 is 5.91 Å². The van der Waals surface area contributed by atoms with E-state index in [1.54, 1.807) is 17.8 Å². The molecule has 102 valence electrons. The van der Waals surface area contributed by atoms with Crippen LogP contribution in [0.15, 0.2) is 22.6 Å². The quantitative estimate of drug-likeness (QED) is 0.841. The number of hydrogen-bond acceptors (Lipinski definition) is 3. The van der Waals surface area contributed by atoms with Gasteiger partial charge in [-0.1, -0.05) is 13.3 Å². The van der Waals surface area contributed by atoms with Crippen LogP contribution in [0.4, 0.5) is 0 Å². The van der Waals surface area contributed by atoms with Gasteiger partial charge in [0.25, 0.3) is 5.91 Å². The normalized spacial score (nSPS) is 10.7. The summed E-state index contributed by atoms with van der Waals surface area (Å²) < 4.78 is 7.09.